The molecule has 0 spiro atoms. The minimum absolute atomic E-state index is 0.0861. The monoisotopic (exact) mass is 483 g/mol. The Morgan fingerprint density at radius 2 is 1.85 bits per heavy atom. The number of anilines is 1. The van der Waals surface area contributed by atoms with Crippen LogP contribution < -0.4 is 31.9 Å². The van der Waals surface area contributed by atoms with E-state index in [1.54, 1.807) is 48.5 Å². The first kappa shape index (κ1) is 22.9. The average Bonchev–Trinajstić information content (AvgIpc) is 3.26. The third kappa shape index (κ3) is 5.20. The van der Waals surface area contributed by atoms with Gasteiger partial charge in [0.05, 0.1) is 10.6 Å². The van der Waals surface area contributed by atoms with E-state index in [-0.39, 0.29) is 18.5 Å². The predicted molar refractivity (Wildman–Crippen MR) is 126 cm³/mol. The Morgan fingerprint density at radius 1 is 1.09 bits per heavy atom. The number of furan rings is 1. The molecule has 0 aliphatic heterocycles. The molecule has 0 bridgehead atoms. The molecule has 0 saturated heterocycles. The van der Waals surface area contributed by atoms with Crippen LogP contribution in [0.4, 0.5) is 10.1 Å². The summed E-state index contributed by atoms with van der Waals surface area (Å²) in [5.41, 5.74) is 4.20. The molecule has 6 N–H and O–H groups in total. The van der Waals surface area contributed by atoms with Gasteiger partial charge in [0.25, 0.3) is 5.91 Å². The number of ether oxygens (including phenoxy) is 2. The molecule has 9 nitrogen and oxygen atoms in total. The zero-order valence-corrected chi connectivity index (χ0v) is 18.3. The first-order valence-corrected chi connectivity index (χ1v) is 10.3. The fourth-order valence-corrected chi connectivity index (χ4v) is 3.31. The Labute approximate surface area is 198 Å². The molecule has 1 heterocycles. The van der Waals surface area contributed by atoms with Crippen molar-refractivity contribution >= 4 is 40.2 Å². The van der Waals surface area contributed by atoms with Gasteiger partial charge in [-0.05, 0) is 48.5 Å². The summed E-state index contributed by atoms with van der Waals surface area (Å²) in [7, 11) is 0. The Morgan fingerprint density at radius 3 is 2.56 bits per heavy atom. The highest BCUT2D eigenvalue weighted by Gasteiger charge is 2.15. The van der Waals surface area contributed by atoms with E-state index in [0.29, 0.717) is 44.3 Å². The minimum Gasteiger partial charge on any atom is -0.489 e. The topological polar surface area (TPSA) is 137 Å². The van der Waals surface area contributed by atoms with Crippen molar-refractivity contribution in [3.05, 3.63) is 88.9 Å². The van der Waals surface area contributed by atoms with Gasteiger partial charge in [0, 0.05) is 22.7 Å². The molecule has 11 heteroatoms. The van der Waals surface area contributed by atoms with Gasteiger partial charge in [-0.3, -0.25) is 10.2 Å². The summed E-state index contributed by atoms with van der Waals surface area (Å²) in [6.45, 7) is 0.178. The van der Waals surface area contributed by atoms with Crippen molar-refractivity contribution in [1.82, 2.24) is 5.43 Å². The number of carbonyl (C=O) groups excluding carboxylic acids is 1. The van der Waals surface area contributed by atoms with E-state index in [4.69, 9.17) is 37.2 Å². The van der Waals surface area contributed by atoms with Gasteiger partial charge in [-0.2, -0.15) is 0 Å². The van der Waals surface area contributed by atoms with Crippen LogP contribution in [0.15, 0.2) is 76.4 Å². The molecule has 34 heavy (non-hydrogen) atoms. The SMILES string of the molecule is N/N=C(\NN)Oc1ccc2c(C(=O)Nc3ccc(OCc4ccc(F)cc4Cl)cc3)coc2c1. The second-order valence-electron chi connectivity index (χ2n) is 6.99. The highest BCUT2D eigenvalue weighted by atomic mass is 35.5. The molecule has 0 aliphatic rings. The van der Waals surface area contributed by atoms with Crippen LogP contribution in [0.25, 0.3) is 11.0 Å². The second kappa shape index (κ2) is 10.1. The molecule has 174 valence electrons. The lowest BCUT2D eigenvalue weighted by atomic mass is 10.1. The van der Waals surface area contributed by atoms with Gasteiger partial charge >= 0.3 is 6.02 Å². The fraction of sp³-hybridized carbons (Fsp3) is 0.0435. The van der Waals surface area contributed by atoms with Crippen LogP contribution in [-0.2, 0) is 6.61 Å². The number of fused-ring (bicyclic) bond motifs is 1. The third-order valence-corrected chi connectivity index (χ3v) is 5.12. The van der Waals surface area contributed by atoms with Crippen molar-refractivity contribution < 1.29 is 23.1 Å². The van der Waals surface area contributed by atoms with Crippen molar-refractivity contribution in [3.63, 3.8) is 0 Å². The molecule has 0 radical (unpaired) electrons. The zero-order chi connectivity index (χ0) is 24.1. The van der Waals surface area contributed by atoms with Crippen molar-refractivity contribution in [1.29, 1.82) is 0 Å². The molecule has 0 atom stereocenters. The number of nitrogens with two attached hydrogens (primary N) is 2. The van der Waals surface area contributed by atoms with E-state index in [1.165, 1.54) is 18.4 Å². The number of hydrogen-bond acceptors (Lipinski definition) is 7. The van der Waals surface area contributed by atoms with Crippen LogP contribution in [0, 0.1) is 5.82 Å². The zero-order valence-electron chi connectivity index (χ0n) is 17.5. The summed E-state index contributed by atoms with van der Waals surface area (Å²) >= 11 is 6.01. The first-order valence-electron chi connectivity index (χ1n) is 9.88. The number of hydrazone groups is 1. The molecule has 1 aromatic heterocycles. The summed E-state index contributed by atoms with van der Waals surface area (Å²) in [5, 5.41) is 7.03. The molecule has 4 aromatic rings. The van der Waals surface area contributed by atoms with Gasteiger partial charge in [0.15, 0.2) is 0 Å². The predicted octanol–water partition coefficient (Wildman–Crippen LogP) is 4.13. The van der Waals surface area contributed by atoms with Gasteiger partial charge in [-0.1, -0.05) is 17.7 Å². The summed E-state index contributed by atoms with van der Waals surface area (Å²) in [4.78, 5) is 12.8. The maximum atomic E-state index is 13.2. The first-order chi connectivity index (χ1) is 16.5. The second-order valence-corrected chi connectivity index (χ2v) is 7.40. The van der Waals surface area contributed by atoms with E-state index in [0.717, 1.165) is 0 Å². The molecule has 1 amide bonds. The molecule has 3 aromatic carbocycles. The average molecular weight is 484 g/mol. The number of rotatable bonds is 6. The lowest BCUT2D eigenvalue weighted by molar-refractivity contribution is 0.102. The molecular weight excluding hydrogens is 465 g/mol. The lowest BCUT2D eigenvalue weighted by Gasteiger charge is -2.09. The number of hydrogen-bond donors (Lipinski definition) is 4. The normalized spacial score (nSPS) is 11.3. The molecular formula is C23H19ClFN5O4. The van der Waals surface area contributed by atoms with Gasteiger partial charge in [-0.25, -0.2) is 10.2 Å². The molecule has 4 rings (SSSR count). The van der Waals surface area contributed by atoms with E-state index in [1.807, 2.05) is 0 Å². The van der Waals surface area contributed by atoms with E-state index in [2.05, 4.69) is 15.8 Å². The Bertz CT molecular complexity index is 1360. The number of carbonyl (C=O) groups is 1. The standard InChI is InChI=1S/C23H19ClFN5O4/c24-20-9-14(25)2-1-13(20)11-32-16-5-3-15(4-6-16)28-22(31)19-12-33-21-10-17(7-8-18(19)21)34-23(29-26)30-27/h1-10,12H,11,26-27H2,(H,28,31)(H,29,30). The number of hydrazine groups is 1. The van der Waals surface area contributed by atoms with Gasteiger partial charge in [-0.15, -0.1) is 5.10 Å². The van der Waals surface area contributed by atoms with Crippen LogP contribution in [0.2, 0.25) is 5.02 Å². The summed E-state index contributed by atoms with van der Waals surface area (Å²) in [5.74, 6) is 10.5. The van der Waals surface area contributed by atoms with Crippen LogP contribution >= 0.6 is 11.6 Å². The smallest absolute Gasteiger partial charge is 0.326 e. The molecule has 0 fully saturated rings. The largest absolute Gasteiger partial charge is 0.489 e. The van der Waals surface area contributed by atoms with Crippen LogP contribution in [0.1, 0.15) is 15.9 Å². The molecule has 0 aliphatic carbocycles. The summed E-state index contributed by atoms with van der Waals surface area (Å²) in [6.07, 6.45) is 1.35. The Balaban J connectivity index is 1.40. The number of nitrogens with one attached hydrogen (secondary N) is 2. The Kier molecular flexibility index (Phi) is 6.81. The number of benzene rings is 3. The van der Waals surface area contributed by atoms with Crippen molar-refractivity contribution in [3.8, 4) is 11.5 Å². The van der Waals surface area contributed by atoms with E-state index >= 15 is 0 Å². The number of halogens is 2. The summed E-state index contributed by atoms with van der Waals surface area (Å²) < 4.78 is 29.7. The van der Waals surface area contributed by atoms with Crippen LogP contribution in [-0.4, -0.2) is 11.9 Å². The van der Waals surface area contributed by atoms with Crippen molar-refractivity contribution in [2.24, 2.45) is 16.8 Å². The number of nitrogens with zero attached hydrogens (tertiary/aromatic N) is 1. The van der Waals surface area contributed by atoms with Gasteiger partial charge in [0.1, 0.15) is 35.8 Å². The van der Waals surface area contributed by atoms with Gasteiger partial charge in [0.2, 0.25) is 0 Å². The minimum atomic E-state index is -0.410. The molecule has 0 saturated carbocycles. The van der Waals surface area contributed by atoms with E-state index in [9.17, 15) is 9.18 Å². The maximum absolute atomic E-state index is 13.2. The van der Waals surface area contributed by atoms with Gasteiger partial charge < -0.3 is 25.1 Å². The Hall–Kier alpha value is -4.28. The molecule has 0 unspecified atom stereocenters. The van der Waals surface area contributed by atoms with Crippen LogP contribution in [0.5, 0.6) is 11.5 Å². The maximum Gasteiger partial charge on any atom is 0.326 e. The summed E-state index contributed by atoms with van der Waals surface area (Å²) in [6, 6.07) is 15.7. The number of amides is 1. The van der Waals surface area contributed by atoms with Crippen molar-refractivity contribution in [2.75, 3.05) is 5.32 Å². The third-order valence-electron chi connectivity index (χ3n) is 4.77. The highest BCUT2D eigenvalue weighted by molar-refractivity contribution is 6.31. The highest BCUT2D eigenvalue weighted by Crippen LogP contribution is 2.27. The quantitative estimate of drug-likeness (QED) is 0.140. The fourth-order valence-electron chi connectivity index (χ4n) is 3.09. The van der Waals surface area contributed by atoms with Crippen molar-refractivity contribution in [2.45, 2.75) is 6.61 Å². The van der Waals surface area contributed by atoms with E-state index < -0.39 is 5.82 Å². The lowest BCUT2D eigenvalue weighted by Crippen LogP contribution is -2.35. The van der Waals surface area contributed by atoms with Crippen LogP contribution in [0.3, 0.4) is 0 Å². The number of amidine groups is 1.